The molecule has 0 fully saturated rings. The first-order valence-corrected chi connectivity index (χ1v) is 8.90. The monoisotopic (exact) mass is 274 g/mol. The maximum atomic E-state index is 2.43. The summed E-state index contributed by atoms with van der Waals surface area (Å²) in [5, 5.41) is 0. The zero-order valence-corrected chi connectivity index (χ0v) is 14.2. The Hall–Kier alpha value is -0.780. The van der Waals surface area contributed by atoms with Crippen molar-refractivity contribution in [3.05, 3.63) is 34.4 Å². The largest absolute Gasteiger partial charge is 0.0654 e. The van der Waals surface area contributed by atoms with E-state index in [1.165, 1.54) is 64.2 Å². The maximum Gasteiger partial charge on any atom is -0.0273 e. The van der Waals surface area contributed by atoms with E-state index in [4.69, 9.17) is 0 Å². The van der Waals surface area contributed by atoms with Gasteiger partial charge in [0.1, 0.15) is 0 Å². The SMILES string of the molecule is CCCCc1ccc(CC)c(CCCC)c1CCCC. The molecule has 0 heteroatoms. The highest BCUT2D eigenvalue weighted by molar-refractivity contribution is 5.42. The Morgan fingerprint density at radius 3 is 1.55 bits per heavy atom. The predicted octanol–water partition coefficient (Wildman–Crippen LogP) is 6.28. The molecule has 0 saturated carbocycles. The first kappa shape index (κ1) is 17.3. The molecule has 0 radical (unpaired) electrons. The van der Waals surface area contributed by atoms with Crippen molar-refractivity contribution in [2.75, 3.05) is 0 Å². The van der Waals surface area contributed by atoms with Gasteiger partial charge in [-0.2, -0.15) is 0 Å². The number of unbranched alkanes of at least 4 members (excludes halogenated alkanes) is 3. The van der Waals surface area contributed by atoms with E-state index in [0.717, 1.165) is 0 Å². The van der Waals surface area contributed by atoms with Gasteiger partial charge in [-0.3, -0.25) is 0 Å². The van der Waals surface area contributed by atoms with Crippen LogP contribution in [-0.4, -0.2) is 0 Å². The fraction of sp³-hybridized carbons (Fsp3) is 0.700. The zero-order valence-electron chi connectivity index (χ0n) is 14.2. The molecule has 0 aromatic heterocycles. The summed E-state index contributed by atoms with van der Waals surface area (Å²) in [6.45, 7) is 9.21. The van der Waals surface area contributed by atoms with E-state index in [0.29, 0.717) is 0 Å². The second kappa shape index (κ2) is 10.0. The van der Waals surface area contributed by atoms with Crippen molar-refractivity contribution < 1.29 is 0 Å². The van der Waals surface area contributed by atoms with Crippen LogP contribution in [-0.2, 0) is 25.7 Å². The summed E-state index contributed by atoms with van der Waals surface area (Å²) in [6, 6.07) is 4.83. The van der Waals surface area contributed by atoms with Crippen molar-refractivity contribution in [1.29, 1.82) is 0 Å². The summed E-state index contributed by atoms with van der Waals surface area (Å²) in [5.74, 6) is 0. The van der Waals surface area contributed by atoms with Crippen LogP contribution < -0.4 is 0 Å². The fourth-order valence-electron chi connectivity index (χ4n) is 3.05. The van der Waals surface area contributed by atoms with E-state index in [1.807, 2.05) is 0 Å². The minimum absolute atomic E-state index is 1.19. The van der Waals surface area contributed by atoms with E-state index in [-0.39, 0.29) is 0 Å². The highest BCUT2D eigenvalue weighted by Crippen LogP contribution is 2.25. The zero-order chi connectivity index (χ0) is 14.8. The minimum atomic E-state index is 1.19. The van der Waals surface area contributed by atoms with Crippen molar-refractivity contribution in [3.63, 3.8) is 0 Å². The second-order valence-electron chi connectivity index (χ2n) is 6.01. The molecule has 0 spiro atoms. The van der Waals surface area contributed by atoms with Gasteiger partial charge in [-0.05, 0) is 67.2 Å². The van der Waals surface area contributed by atoms with E-state index < -0.39 is 0 Å². The first-order chi connectivity index (χ1) is 9.78. The Morgan fingerprint density at radius 2 is 1.05 bits per heavy atom. The lowest BCUT2D eigenvalue weighted by Crippen LogP contribution is -2.05. The fourth-order valence-corrected chi connectivity index (χ4v) is 3.05. The number of aryl methyl sites for hydroxylation is 2. The van der Waals surface area contributed by atoms with Gasteiger partial charge in [0, 0.05) is 0 Å². The molecule has 0 saturated heterocycles. The van der Waals surface area contributed by atoms with E-state index in [9.17, 15) is 0 Å². The molecule has 1 rings (SSSR count). The van der Waals surface area contributed by atoms with Crippen LogP contribution in [0.25, 0.3) is 0 Å². The minimum Gasteiger partial charge on any atom is -0.0654 e. The first-order valence-electron chi connectivity index (χ1n) is 8.90. The molecule has 114 valence electrons. The van der Waals surface area contributed by atoms with Gasteiger partial charge in [-0.15, -0.1) is 0 Å². The molecule has 0 atom stereocenters. The van der Waals surface area contributed by atoms with Gasteiger partial charge in [-0.25, -0.2) is 0 Å². The Kier molecular flexibility index (Phi) is 8.65. The molecule has 0 unspecified atom stereocenters. The molecule has 0 aliphatic heterocycles. The van der Waals surface area contributed by atoms with Gasteiger partial charge in [0.25, 0.3) is 0 Å². The molecular weight excluding hydrogens is 240 g/mol. The van der Waals surface area contributed by atoms with Crippen LogP contribution in [0.2, 0.25) is 0 Å². The standard InChI is InChI=1S/C20H34/c1-5-9-12-18-16-15-17(8-4)19(13-10-6-2)20(18)14-11-7-3/h15-16H,5-14H2,1-4H3. The molecular formula is C20H34. The van der Waals surface area contributed by atoms with Crippen LogP contribution in [0, 0.1) is 0 Å². The molecule has 0 amide bonds. The van der Waals surface area contributed by atoms with Crippen molar-refractivity contribution >= 4 is 0 Å². The number of hydrogen-bond acceptors (Lipinski definition) is 0. The van der Waals surface area contributed by atoms with Crippen LogP contribution >= 0.6 is 0 Å². The summed E-state index contributed by atoms with van der Waals surface area (Å²) in [7, 11) is 0. The summed E-state index contributed by atoms with van der Waals surface area (Å²) in [5.41, 5.74) is 6.66. The van der Waals surface area contributed by atoms with Crippen LogP contribution in [0.1, 0.15) is 88.5 Å². The van der Waals surface area contributed by atoms with Gasteiger partial charge in [0.15, 0.2) is 0 Å². The highest BCUT2D eigenvalue weighted by atomic mass is 14.2. The summed E-state index contributed by atoms with van der Waals surface area (Å²) in [6.07, 6.45) is 13.0. The van der Waals surface area contributed by atoms with E-state index in [1.54, 1.807) is 22.3 Å². The molecule has 0 N–H and O–H groups in total. The van der Waals surface area contributed by atoms with Gasteiger partial charge in [-0.1, -0.05) is 59.1 Å². The van der Waals surface area contributed by atoms with Gasteiger partial charge in [0.2, 0.25) is 0 Å². The molecule has 0 bridgehead atoms. The molecule has 0 aliphatic rings. The summed E-state index contributed by atoms with van der Waals surface area (Å²) in [4.78, 5) is 0. The summed E-state index contributed by atoms with van der Waals surface area (Å²) >= 11 is 0. The summed E-state index contributed by atoms with van der Waals surface area (Å²) < 4.78 is 0. The quantitative estimate of drug-likeness (QED) is 0.471. The van der Waals surface area contributed by atoms with Crippen LogP contribution in [0.5, 0.6) is 0 Å². The van der Waals surface area contributed by atoms with Gasteiger partial charge >= 0.3 is 0 Å². The van der Waals surface area contributed by atoms with Crippen molar-refractivity contribution in [2.24, 2.45) is 0 Å². The van der Waals surface area contributed by atoms with Gasteiger partial charge in [0.05, 0.1) is 0 Å². The lowest BCUT2D eigenvalue weighted by atomic mass is 9.87. The molecule has 1 aromatic rings. The third kappa shape index (κ3) is 4.96. The topological polar surface area (TPSA) is 0 Å². The number of benzene rings is 1. The number of hydrogen-bond donors (Lipinski definition) is 0. The Labute approximate surface area is 127 Å². The Balaban J connectivity index is 3.09. The molecule has 0 heterocycles. The van der Waals surface area contributed by atoms with Crippen LogP contribution in [0.15, 0.2) is 12.1 Å². The molecule has 0 aliphatic carbocycles. The third-order valence-corrected chi connectivity index (χ3v) is 4.37. The predicted molar refractivity (Wildman–Crippen MR) is 91.7 cm³/mol. The van der Waals surface area contributed by atoms with Crippen LogP contribution in [0.4, 0.5) is 0 Å². The number of rotatable bonds is 10. The Morgan fingerprint density at radius 1 is 0.600 bits per heavy atom. The highest BCUT2D eigenvalue weighted by Gasteiger charge is 2.11. The van der Waals surface area contributed by atoms with Crippen LogP contribution in [0.3, 0.4) is 0 Å². The average molecular weight is 274 g/mol. The van der Waals surface area contributed by atoms with Crippen molar-refractivity contribution in [2.45, 2.75) is 91.9 Å². The maximum absolute atomic E-state index is 2.43. The Bertz CT molecular complexity index is 376. The van der Waals surface area contributed by atoms with Crippen molar-refractivity contribution in [1.82, 2.24) is 0 Å². The molecule has 20 heavy (non-hydrogen) atoms. The molecule has 0 nitrogen and oxygen atoms in total. The van der Waals surface area contributed by atoms with Crippen molar-refractivity contribution in [3.8, 4) is 0 Å². The third-order valence-electron chi connectivity index (χ3n) is 4.37. The second-order valence-corrected chi connectivity index (χ2v) is 6.01. The molecule has 1 aromatic carbocycles. The lowest BCUT2D eigenvalue weighted by molar-refractivity contribution is 0.729. The van der Waals surface area contributed by atoms with Gasteiger partial charge < -0.3 is 0 Å². The normalized spacial score (nSPS) is 11.0. The van der Waals surface area contributed by atoms with E-state index in [2.05, 4.69) is 39.8 Å². The lowest BCUT2D eigenvalue weighted by Gasteiger charge is -2.18. The average Bonchev–Trinajstić information content (AvgIpc) is 2.48. The smallest absolute Gasteiger partial charge is 0.0273 e. The van der Waals surface area contributed by atoms with E-state index >= 15 is 0 Å².